The van der Waals surface area contributed by atoms with Gasteiger partial charge in [0, 0.05) is 14.1 Å². The van der Waals surface area contributed by atoms with E-state index in [4.69, 9.17) is 9.84 Å². The first kappa shape index (κ1) is 10.8. The van der Waals surface area contributed by atoms with Gasteiger partial charge in [0.15, 0.2) is 0 Å². The van der Waals surface area contributed by atoms with Crippen LogP contribution in [0, 0.1) is 5.92 Å². The number of hydrogen-bond acceptors (Lipinski definition) is 3. The summed E-state index contributed by atoms with van der Waals surface area (Å²) in [5.41, 5.74) is 0. The van der Waals surface area contributed by atoms with Crippen molar-refractivity contribution in [1.29, 1.82) is 0 Å². The number of aliphatic carboxylic acids is 1. The average Bonchev–Trinajstić information content (AvgIpc) is 2.52. The fourth-order valence-electron chi connectivity index (χ4n) is 1.23. The molecule has 1 heterocycles. The molecule has 0 aromatic heterocycles. The summed E-state index contributed by atoms with van der Waals surface area (Å²) in [5.74, 6) is -1.58. The minimum Gasteiger partial charge on any atom is -0.481 e. The molecule has 1 fully saturated rings. The number of nitrogens with zero attached hydrogens (tertiary/aromatic N) is 1. The molecule has 0 aromatic carbocycles. The molecule has 6 nitrogen and oxygen atoms in total. The molecule has 0 saturated carbocycles. The van der Waals surface area contributed by atoms with E-state index in [9.17, 15) is 9.59 Å². The summed E-state index contributed by atoms with van der Waals surface area (Å²) in [6, 6.07) is -0.728. The third-order valence-corrected chi connectivity index (χ3v) is 2.11. The highest BCUT2D eigenvalue weighted by molar-refractivity contribution is 5.76. The smallest absolute Gasteiger partial charge is 0.317 e. The average molecular weight is 202 g/mol. The van der Waals surface area contributed by atoms with Gasteiger partial charge in [-0.2, -0.15) is 0 Å². The Balaban J connectivity index is 2.51. The van der Waals surface area contributed by atoms with Crippen molar-refractivity contribution in [3.8, 4) is 0 Å². The summed E-state index contributed by atoms with van der Waals surface area (Å²) in [6.45, 7) is 0.421. The first-order chi connectivity index (χ1) is 6.52. The first-order valence-electron chi connectivity index (χ1n) is 4.30. The Labute approximate surface area is 81.8 Å². The van der Waals surface area contributed by atoms with Gasteiger partial charge >= 0.3 is 12.0 Å². The van der Waals surface area contributed by atoms with Crippen molar-refractivity contribution in [3.05, 3.63) is 0 Å². The van der Waals surface area contributed by atoms with Crippen LogP contribution in [0.5, 0.6) is 0 Å². The summed E-state index contributed by atoms with van der Waals surface area (Å²) in [6.07, 6.45) is 0. The number of carbonyl (C=O) groups is 2. The lowest BCUT2D eigenvalue weighted by Crippen LogP contribution is -2.46. The number of carbonyl (C=O) groups excluding carboxylic acids is 1. The van der Waals surface area contributed by atoms with Gasteiger partial charge in [-0.25, -0.2) is 4.79 Å². The second-order valence-corrected chi connectivity index (χ2v) is 3.43. The Morgan fingerprint density at radius 2 is 2.07 bits per heavy atom. The van der Waals surface area contributed by atoms with Crippen molar-refractivity contribution >= 4 is 12.0 Å². The van der Waals surface area contributed by atoms with Crippen LogP contribution in [-0.4, -0.2) is 55.4 Å². The molecule has 2 atom stereocenters. The molecule has 1 rings (SSSR count). The summed E-state index contributed by atoms with van der Waals surface area (Å²) >= 11 is 0. The molecule has 0 aromatic rings. The largest absolute Gasteiger partial charge is 0.481 e. The predicted molar refractivity (Wildman–Crippen MR) is 48.0 cm³/mol. The highest BCUT2D eigenvalue weighted by Crippen LogP contribution is 2.13. The number of carboxylic acid groups (broad SMARTS) is 1. The molecule has 0 aliphatic carbocycles. The number of carboxylic acids is 1. The molecule has 1 saturated heterocycles. The summed E-state index contributed by atoms with van der Waals surface area (Å²) in [4.78, 5) is 23.3. The van der Waals surface area contributed by atoms with E-state index < -0.39 is 17.9 Å². The first-order valence-corrected chi connectivity index (χ1v) is 4.30. The van der Waals surface area contributed by atoms with Gasteiger partial charge in [-0.1, -0.05) is 0 Å². The van der Waals surface area contributed by atoms with Gasteiger partial charge in [0.05, 0.1) is 19.3 Å². The maximum atomic E-state index is 11.2. The van der Waals surface area contributed by atoms with Crippen LogP contribution in [0.15, 0.2) is 0 Å². The van der Waals surface area contributed by atoms with Gasteiger partial charge in [0.1, 0.15) is 5.92 Å². The van der Waals surface area contributed by atoms with Crippen LogP contribution in [0.3, 0.4) is 0 Å². The van der Waals surface area contributed by atoms with Crippen molar-refractivity contribution in [2.24, 2.45) is 5.92 Å². The molecule has 1 aliphatic rings. The van der Waals surface area contributed by atoms with E-state index in [0.29, 0.717) is 0 Å². The van der Waals surface area contributed by atoms with Crippen molar-refractivity contribution < 1.29 is 19.4 Å². The molecule has 80 valence electrons. The second kappa shape index (κ2) is 4.28. The SMILES string of the molecule is CN(C)C(=O)NC1COCC1C(=O)O. The lowest BCUT2D eigenvalue weighted by Gasteiger charge is -2.18. The number of nitrogens with one attached hydrogen (secondary N) is 1. The topological polar surface area (TPSA) is 78.9 Å². The van der Waals surface area contributed by atoms with Crippen LogP contribution in [0.2, 0.25) is 0 Å². The van der Waals surface area contributed by atoms with Gasteiger partial charge in [0.25, 0.3) is 0 Å². The Hall–Kier alpha value is -1.30. The minimum atomic E-state index is -0.938. The Kier molecular flexibility index (Phi) is 3.29. The maximum absolute atomic E-state index is 11.2. The zero-order chi connectivity index (χ0) is 10.7. The molecular weight excluding hydrogens is 188 g/mol. The zero-order valence-electron chi connectivity index (χ0n) is 8.19. The van der Waals surface area contributed by atoms with Crippen LogP contribution in [0.1, 0.15) is 0 Å². The van der Waals surface area contributed by atoms with Gasteiger partial charge in [-0.05, 0) is 0 Å². The van der Waals surface area contributed by atoms with Crippen LogP contribution in [0.4, 0.5) is 4.79 Å². The molecule has 0 radical (unpaired) electrons. The fraction of sp³-hybridized carbons (Fsp3) is 0.750. The van der Waals surface area contributed by atoms with E-state index in [-0.39, 0.29) is 19.2 Å². The van der Waals surface area contributed by atoms with E-state index >= 15 is 0 Å². The molecule has 2 N–H and O–H groups in total. The minimum absolute atomic E-state index is 0.160. The fourth-order valence-corrected chi connectivity index (χ4v) is 1.23. The van der Waals surface area contributed by atoms with Crippen molar-refractivity contribution in [1.82, 2.24) is 10.2 Å². The molecule has 6 heteroatoms. The Bertz CT molecular complexity index is 241. The van der Waals surface area contributed by atoms with Gasteiger partial charge in [0.2, 0.25) is 0 Å². The summed E-state index contributed by atoms with van der Waals surface area (Å²) in [5, 5.41) is 11.4. The molecule has 2 amide bonds. The Morgan fingerprint density at radius 3 is 2.57 bits per heavy atom. The third kappa shape index (κ3) is 2.35. The van der Waals surface area contributed by atoms with Crippen LogP contribution in [-0.2, 0) is 9.53 Å². The normalized spacial score (nSPS) is 25.9. The van der Waals surface area contributed by atoms with Crippen LogP contribution < -0.4 is 5.32 Å². The lowest BCUT2D eigenvalue weighted by molar-refractivity contribution is -0.142. The number of urea groups is 1. The third-order valence-electron chi connectivity index (χ3n) is 2.11. The zero-order valence-corrected chi connectivity index (χ0v) is 8.19. The number of amides is 2. The summed E-state index contributed by atoms with van der Waals surface area (Å²) in [7, 11) is 3.20. The van der Waals surface area contributed by atoms with E-state index in [0.717, 1.165) is 0 Å². The van der Waals surface area contributed by atoms with E-state index in [2.05, 4.69) is 5.32 Å². The summed E-state index contributed by atoms with van der Waals surface area (Å²) < 4.78 is 5.00. The van der Waals surface area contributed by atoms with Gasteiger partial charge in [-0.15, -0.1) is 0 Å². The van der Waals surface area contributed by atoms with Crippen molar-refractivity contribution in [2.45, 2.75) is 6.04 Å². The number of ether oxygens (including phenoxy) is 1. The second-order valence-electron chi connectivity index (χ2n) is 3.43. The monoisotopic (exact) mass is 202 g/mol. The maximum Gasteiger partial charge on any atom is 0.317 e. The number of hydrogen-bond donors (Lipinski definition) is 2. The van der Waals surface area contributed by atoms with Crippen LogP contribution >= 0.6 is 0 Å². The van der Waals surface area contributed by atoms with Crippen molar-refractivity contribution in [3.63, 3.8) is 0 Å². The van der Waals surface area contributed by atoms with E-state index in [1.807, 2.05) is 0 Å². The van der Waals surface area contributed by atoms with Crippen molar-refractivity contribution in [2.75, 3.05) is 27.3 Å². The van der Waals surface area contributed by atoms with Gasteiger partial charge in [-0.3, -0.25) is 4.79 Å². The van der Waals surface area contributed by atoms with E-state index in [1.165, 1.54) is 4.90 Å². The molecular formula is C8H14N2O4. The quantitative estimate of drug-likeness (QED) is 0.624. The molecule has 1 aliphatic heterocycles. The highest BCUT2D eigenvalue weighted by Gasteiger charge is 2.35. The molecule has 0 bridgehead atoms. The van der Waals surface area contributed by atoms with Gasteiger partial charge < -0.3 is 20.1 Å². The standard InChI is InChI=1S/C8H14N2O4/c1-10(2)8(13)9-6-4-14-3-5(6)7(11)12/h5-6H,3-4H2,1-2H3,(H,9,13)(H,11,12). The Morgan fingerprint density at radius 1 is 1.43 bits per heavy atom. The number of rotatable bonds is 2. The van der Waals surface area contributed by atoms with E-state index in [1.54, 1.807) is 14.1 Å². The highest BCUT2D eigenvalue weighted by atomic mass is 16.5. The van der Waals surface area contributed by atoms with Crippen LogP contribution in [0.25, 0.3) is 0 Å². The predicted octanol–water partition coefficient (Wildman–Crippen LogP) is -0.643. The molecule has 0 spiro atoms. The lowest BCUT2D eigenvalue weighted by atomic mass is 10.0. The molecule has 14 heavy (non-hydrogen) atoms. The molecule has 2 unspecified atom stereocenters.